The van der Waals surface area contributed by atoms with Crippen molar-refractivity contribution in [3.63, 3.8) is 0 Å². The Bertz CT molecular complexity index is 1580. The number of ether oxygens (including phenoxy) is 1. The zero-order valence-corrected chi connectivity index (χ0v) is 21.7. The van der Waals surface area contributed by atoms with Gasteiger partial charge in [0.25, 0.3) is 0 Å². The third kappa shape index (κ3) is 6.57. The summed E-state index contributed by atoms with van der Waals surface area (Å²) in [5.41, 5.74) is -2.22. The predicted molar refractivity (Wildman–Crippen MR) is 139 cm³/mol. The van der Waals surface area contributed by atoms with Crippen LogP contribution in [-0.4, -0.2) is 71.2 Å². The lowest BCUT2D eigenvalue weighted by Gasteiger charge is -2.42. The third-order valence-corrected chi connectivity index (χ3v) is 6.85. The van der Waals surface area contributed by atoms with Gasteiger partial charge in [-0.3, -0.25) is 4.90 Å². The highest BCUT2D eigenvalue weighted by Crippen LogP contribution is 2.30. The van der Waals surface area contributed by atoms with Gasteiger partial charge in [0.05, 0.1) is 30.5 Å². The summed E-state index contributed by atoms with van der Waals surface area (Å²) in [5.74, 6) is -0.225. The van der Waals surface area contributed by atoms with Crippen LogP contribution < -0.4 is 4.74 Å². The lowest BCUT2D eigenvalue weighted by molar-refractivity contribution is 0.000540. The molecule has 0 saturated heterocycles. The Kier molecular flexibility index (Phi) is 5.52. The lowest BCUT2D eigenvalue weighted by atomic mass is 9.94. The monoisotopic (exact) mass is 527 g/mol. The van der Waals surface area contributed by atoms with E-state index >= 15 is 0 Å². The molecule has 0 spiro atoms. The number of nitrogens with zero attached hydrogens (tertiary/aromatic N) is 2. The number of carboxylic acid groups (broad SMARTS) is 1. The molecule has 0 unspecified atom stereocenters. The molecule has 2 aromatic rings. The fraction of sp³-hybridized carbons (Fsp3) is 0.519. The maximum Gasteiger partial charge on any atom is 0.408 e. The number of sulfonamides is 1. The molecule has 0 fully saturated rings. The van der Waals surface area contributed by atoms with Gasteiger partial charge in [-0.25, -0.2) is 13.2 Å². The van der Waals surface area contributed by atoms with E-state index < -0.39 is 87.7 Å². The van der Waals surface area contributed by atoms with Crippen molar-refractivity contribution in [2.45, 2.75) is 69.9 Å². The number of benzene rings is 2. The molecule has 0 radical (unpaired) electrons. The molecule has 198 valence electrons. The molecule has 0 aliphatic carbocycles. The van der Waals surface area contributed by atoms with Crippen LogP contribution in [-0.2, 0) is 22.8 Å². The zero-order valence-electron chi connectivity index (χ0n) is 29.9. The van der Waals surface area contributed by atoms with Crippen LogP contribution in [0.5, 0.6) is 5.75 Å². The minimum Gasteiger partial charge on any atom is -0.493 e. The van der Waals surface area contributed by atoms with Crippen molar-refractivity contribution in [2.75, 3.05) is 19.6 Å². The molecular formula is C27H38N2O6S. The molecule has 8 nitrogen and oxygen atoms in total. The van der Waals surface area contributed by atoms with Crippen LogP contribution >= 0.6 is 0 Å². The first kappa shape index (κ1) is 17.8. The normalized spacial score (nSPS) is 21.6. The molecule has 1 amide bonds. The second kappa shape index (κ2) is 11.2. The maximum absolute atomic E-state index is 14.1. The topological polar surface area (TPSA) is 107 Å². The van der Waals surface area contributed by atoms with Gasteiger partial charge in [0.1, 0.15) is 5.75 Å². The number of amides is 1. The maximum atomic E-state index is 14.1. The average molecular weight is 528 g/mol. The van der Waals surface area contributed by atoms with Gasteiger partial charge in [0, 0.05) is 30.5 Å². The second-order valence-corrected chi connectivity index (χ2v) is 11.5. The van der Waals surface area contributed by atoms with E-state index in [4.69, 9.17) is 15.7 Å². The number of rotatable bonds is 10. The summed E-state index contributed by atoms with van der Waals surface area (Å²) in [4.78, 5) is 12.4. The molecule has 0 bridgehead atoms. The minimum absolute atomic E-state index is 0.00933. The van der Waals surface area contributed by atoms with Gasteiger partial charge in [0.15, 0.2) is 0 Å². The number of hydrogen-bond acceptors (Lipinski definition) is 5. The van der Waals surface area contributed by atoms with Crippen molar-refractivity contribution in [3.05, 3.63) is 59.6 Å². The molecule has 9 heteroatoms. The van der Waals surface area contributed by atoms with Gasteiger partial charge >= 0.3 is 6.09 Å². The van der Waals surface area contributed by atoms with E-state index in [1.807, 2.05) is 0 Å². The molecular weight excluding hydrogens is 480 g/mol. The standard InChI is InChI=1S/C27H38N2O6S/c1-19(2)17-28(36(33,34)22-11-12-25-21(16-22)13-14-35-25)18-24(30)23(15-20-9-7-6-8-10-20)29(26(31)32)27(3,4)5/h6-12,16,19,23-24,30H,13-15,17-18H2,1-5H3,(H,31,32)/t23-,24+/m0/s1/i6D,7D,9D,15D2,18D2,23D,24D. The quantitative estimate of drug-likeness (QED) is 0.483. The molecule has 0 aromatic heterocycles. The van der Waals surface area contributed by atoms with Gasteiger partial charge in [-0.2, -0.15) is 4.31 Å². The Morgan fingerprint density at radius 1 is 1.28 bits per heavy atom. The fourth-order valence-electron chi connectivity index (χ4n) is 3.61. The van der Waals surface area contributed by atoms with Crippen molar-refractivity contribution < 1.29 is 40.5 Å². The summed E-state index contributed by atoms with van der Waals surface area (Å²) in [6, 6.07) is -0.764. The van der Waals surface area contributed by atoms with E-state index in [9.17, 15) is 24.8 Å². The third-order valence-electron chi connectivity index (χ3n) is 5.18. The van der Waals surface area contributed by atoms with Gasteiger partial charge < -0.3 is 14.9 Å². The van der Waals surface area contributed by atoms with Crippen molar-refractivity contribution in [1.29, 1.82) is 0 Å². The van der Waals surface area contributed by atoms with Crippen LogP contribution in [0.15, 0.2) is 53.4 Å². The summed E-state index contributed by atoms with van der Waals surface area (Å²) in [7, 11) is -4.97. The Hall–Kier alpha value is -2.62. The largest absolute Gasteiger partial charge is 0.493 e. The van der Waals surface area contributed by atoms with E-state index in [1.54, 1.807) is 0 Å². The van der Waals surface area contributed by atoms with E-state index in [0.29, 0.717) is 17.7 Å². The van der Waals surface area contributed by atoms with E-state index in [0.717, 1.165) is 18.2 Å². The Morgan fingerprint density at radius 3 is 2.64 bits per heavy atom. The SMILES string of the molecule is [2H]c1ccc(C([2H])([2H])[C@]([2H])(N(C(=O)O)C(C)(C)C)[C@]([2H])(O)C([2H])([2H])N(CC(C)C)S(=O)(=O)c2ccc3c(c2)CCO3)c([2H])c1[2H]. The van der Waals surface area contributed by atoms with Crippen molar-refractivity contribution in [1.82, 2.24) is 9.21 Å². The van der Waals surface area contributed by atoms with E-state index in [1.165, 1.54) is 46.8 Å². The number of aliphatic hydroxyl groups is 1. The van der Waals surface area contributed by atoms with Crippen molar-refractivity contribution in [2.24, 2.45) is 5.92 Å². The van der Waals surface area contributed by atoms with Crippen LogP contribution in [0.1, 0.15) is 58.1 Å². The van der Waals surface area contributed by atoms with Crippen molar-refractivity contribution >= 4 is 16.1 Å². The average Bonchev–Trinajstić information content (AvgIpc) is 3.36. The molecule has 1 heterocycles. The summed E-state index contributed by atoms with van der Waals surface area (Å²) in [5, 5.41) is 22.3. The van der Waals surface area contributed by atoms with Crippen LogP contribution in [0.3, 0.4) is 0 Å². The van der Waals surface area contributed by atoms with Crippen LogP contribution in [0, 0.1) is 5.92 Å². The summed E-state index contributed by atoms with van der Waals surface area (Å²) >= 11 is 0. The van der Waals surface area contributed by atoms with Crippen molar-refractivity contribution in [3.8, 4) is 5.75 Å². The van der Waals surface area contributed by atoms with E-state index in [-0.39, 0.29) is 15.8 Å². The molecule has 1 aliphatic heterocycles. The number of fused-ring (bicyclic) bond motifs is 1. The van der Waals surface area contributed by atoms with Gasteiger partial charge in [-0.15, -0.1) is 0 Å². The highest BCUT2D eigenvalue weighted by molar-refractivity contribution is 7.89. The zero-order chi connectivity index (χ0) is 34.7. The summed E-state index contributed by atoms with van der Waals surface area (Å²) < 4.78 is 113. The minimum atomic E-state index is -4.97. The van der Waals surface area contributed by atoms with Crippen LogP contribution in [0.25, 0.3) is 0 Å². The van der Waals surface area contributed by atoms with E-state index in [2.05, 4.69) is 0 Å². The smallest absolute Gasteiger partial charge is 0.408 e. The predicted octanol–water partition coefficient (Wildman–Crippen LogP) is 4.02. The summed E-state index contributed by atoms with van der Waals surface area (Å²) in [6.07, 6.45) is -9.64. The molecule has 2 atom stereocenters. The summed E-state index contributed by atoms with van der Waals surface area (Å²) in [6.45, 7) is 2.34. The Morgan fingerprint density at radius 2 is 2.00 bits per heavy atom. The van der Waals surface area contributed by atoms with Crippen LogP contribution in [0.4, 0.5) is 4.79 Å². The number of carbonyl (C=O) groups is 1. The lowest BCUT2D eigenvalue weighted by Crippen LogP contribution is -2.58. The first-order valence-corrected chi connectivity index (χ1v) is 12.8. The highest BCUT2D eigenvalue weighted by Gasteiger charge is 2.39. The molecule has 36 heavy (non-hydrogen) atoms. The first-order valence-electron chi connectivity index (χ1n) is 15.9. The molecule has 3 rings (SSSR count). The van der Waals surface area contributed by atoms with Gasteiger partial charge in [-0.05, 0) is 62.4 Å². The first-order chi connectivity index (χ1) is 20.3. The molecule has 1 aliphatic rings. The molecule has 0 saturated carbocycles. The second-order valence-electron chi connectivity index (χ2n) is 9.66. The Balaban J connectivity index is 2.42. The van der Waals surface area contributed by atoms with Gasteiger partial charge in [-0.1, -0.05) is 44.1 Å². The van der Waals surface area contributed by atoms with Gasteiger partial charge in [0.2, 0.25) is 10.0 Å². The van der Waals surface area contributed by atoms with Crippen LogP contribution in [0.2, 0.25) is 0 Å². The highest BCUT2D eigenvalue weighted by atomic mass is 32.2. The molecule has 2 N–H and O–H groups in total. The number of hydrogen-bond donors (Lipinski definition) is 2. The Labute approximate surface area is 227 Å². The molecule has 2 aromatic carbocycles. The fourth-order valence-corrected chi connectivity index (χ4v) is 5.10.